The van der Waals surface area contributed by atoms with Crippen molar-refractivity contribution in [3.63, 3.8) is 0 Å². The Morgan fingerprint density at radius 2 is 1.60 bits per heavy atom. The number of hydrogen-bond donors (Lipinski definition) is 2. The molecule has 0 aromatic carbocycles. The van der Waals surface area contributed by atoms with Crippen LogP contribution in [0.2, 0.25) is 0 Å². The maximum absolute atomic E-state index is 3.49. The fraction of sp³-hybridized carbons (Fsp3) is 1.00. The predicted molar refractivity (Wildman–Crippen MR) is 42.0 cm³/mol. The minimum Gasteiger partial charge on any atom is -0.317 e. The molecule has 2 rings (SSSR count). The molecule has 2 fully saturated rings. The summed E-state index contributed by atoms with van der Waals surface area (Å²) in [5, 5.41) is 6.88. The Balaban J connectivity index is 1.78. The van der Waals surface area contributed by atoms with Gasteiger partial charge in [0.2, 0.25) is 0 Å². The molecular formula is C8H16N2. The van der Waals surface area contributed by atoms with Crippen LogP contribution in [0.1, 0.15) is 19.3 Å². The van der Waals surface area contributed by atoms with Gasteiger partial charge in [0.05, 0.1) is 0 Å². The second-order valence-electron chi connectivity index (χ2n) is 3.44. The Bertz CT molecular complexity index is 104. The standard InChI is InChI=1S/C8H16N2/c1-4-9-5-2-7(1)8-3-6-10-8/h7-10H,1-6H2. The summed E-state index contributed by atoms with van der Waals surface area (Å²) in [5.41, 5.74) is 0. The van der Waals surface area contributed by atoms with Crippen LogP contribution in [0.25, 0.3) is 0 Å². The summed E-state index contributed by atoms with van der Waals surface area (Å²) in [7, 11) is 0. The van der Waals surface area contributed by atoms with E-state index < -0.39 is 0 Å². The van der Waals surface area contributed by atoms with Crippen molar-refractivity contribution in [3.8, 4) is 0 Å². The van der Waals surface area contributed by atoms with E-state index in [-0.39, 0.29) is 0 Å². The van der Waals surface area contributed by atoms with Crippen molar-refractivity contribution in [2.24, 2.45) is 5.92 Å². The van der Waals surface area contributed by atoms with Crippen molar-refractivity contribution >= 4 is 0 Å². The molecule has 0 bridgehead atoms. The topological polar surface area (TPSA) is 24.1 Å². The van der Waals surface area contributed by atoms with Crippen molar-refractivity contribution in [2.75, 3.05) is 19.6 Å². The summed E-state index contributed by atoms with van der Waals surface area (Å²) in [6, 6.07) is 0.877. The summed E-state index contributed by atoms with van der Waals surface area (Å²) in [5.74, 6) is 0.981. The highest BCUT2D eigenvalue weighted by Crippen LogP contribution is 2.22. The maximum Gasteiger partial charge on any atom is 0.0108 e. The summed E-state index contributed by atoms with van der Waals surface area (Å²) in [6.07, 6.45) is 4.19. The van der Waals surface area contributed by atoms with Gasteiger partial charge in [0.15, 0.2) is 0 Å². The highest BCUT2D eigenvalue weighted by molar-refractivity contribution is 4.86. The van der Waals surface area contributed by atoms with E-state index in [4.69, 9.17) is 0 Å². The molecule has 2 heteroatoms. The van der Waals surface area contributed by atoms with Crippen LogP contribution in [0.15, 0.2) is 0 Å². The third-order valence-corrected chi connectivity index (χ3v) is 2.81. The molecule has 0 aromatic heterocycles. The number of rotatable bonds is 1. The number of nitrogens with one attached hydrogen (secondary N) is 2. The molecule has 0 amide bonds. The van der Waals surface area contributed by atoms with Crippen LogP contribution in [0.4, 0.5) is 0 Å². The molecule has 10 heavy (non-hydrogen) atoms. The molecule has 2 heterocycles. The first-order valence-electron chi connectivity index (χ1n) is 4.41. The van der Waals surface area contributed by atoms with Gasteiger partial charge in [-0.2, -0.15) is 0 Å². The Hall–Kier alpha value is -0.0800. The van der Waals surface area contributed by atoms with Gasteiger partial charge >= 0.3 is 0 Å². The first kappa shape index (κ1) is 6.62. The molecule has 2 nitrogen and oxygen atoms in total. The first-order valence-corrected chi connectivity index (χ1v) is 4.41. The van der Waals surface area contributed by atoms with Crippen molar-refractivity contribution in [1.29, 1.82) is 0 Å². The molecule has 0 aliphatic carbocycles. The Kier molecular flexibility index (Phi) is 1.91. The molecule has 0 spiro atoms. The van der Waals surface area contributed by atoms with E-state index in [1.54, 1.807) is 0 Å². The fourth-order valence-electron chi connectivity index (χ4n) is 1.96. The van der Waals surface area contributed by atoms with E-state index >= 15 is 0 Å². The average molecular weight is 140 g/mol. The van der Waals surface area contributed by atoms with E-state index in [0.29, 0.717) is 0 Å². The van der Waals surface area contributed by atoms with Gasteiger partial charge < -0.3 is 10.6 Å². The van der Waals surface area contributed by atoms with Crippen molar-refractivity contribution in [2.45, 2.75) is 25.3 Å². The van der Waals surface area contributed by atoms with Crippen LogP contribution in [-0.4, -0.2) is 25.7 Å². The largest absolute Gasteiger partial charge is 0.317 e. The van der Waals surface area contributed by atoms with E-state index in [2.05, 4.69) is 10.6 Å². The lowest BCUT2D eigenvalue weighted by atomic mass is 9.85. The van der Waals surface area contributed by atoms with Crippen LogP contribution < -0.4 is 10.6 Å². The lowest BCUT2D eigenvalue weighted by molar-refractivity contribution is 0.215. The Labute approximate surface area is 62.4 Å². The smallest absolute Gasteiger partial charge is 0.0108 e. The normalized spacial score (nSPS) is 35.4. The van der Waals surface area contributed by atoms with Crippen molar-refractivity contribution in [3.05, 3.63) is 0 Å². The van der Waals surface area contributed by atoms with E-state index in [0.717, 1.165) is 12.0 Å². The Morgan fingerprint density at radius 3 is 2.10 bits per heavy atom. The average Bonchev–Trinajstić information content (AvgIpc) is 1.86. The minimum atomic E-state index is 0.877. The molecule has 2 aliphatic heterocycles. The number of piperidine rings is 1. The summed E-state index contributed by atoms with van der Waals surface area (Å²) < 4.78 is 0. The molecule has 2 aliphatic rings. The van der Waals surface area contributed by atoms with E-state index in [1.165, 1.54) is 38.9 Å². The summed E-state index contributed by atoms with van der Waals surface area (Å²) >= 11 is 0. The van der Waals surface area contributed by atoms with Gasteiger partial charge in [-0.05, 0) is 44.8 Å². The van der Waals surface area contributed by atoms with Gasteiger partial charge in [-0.25, -0.2) is 0 Å². The lowest BCUT2D eigenvalue weighted by Crippen LogP contribution is -2.50. The third kappa shape index (κ3) is 1.18. The zero-order valence-corrected chi connectivity index (χ0v) is 6.40. The minimum absolute atomic E-state index is 0.877. The van der Waals surface area contributed by atoms with E-state index in [1.807, 2.05) is 0 Å². The van der Waals surface area contributed by atoms with Crippen LogP contribution in [0.5, 0.6) is 0 Å². The third-order valence-electron chi connectivity index (χ3n) is 2.81. The molecule has 58 valence electrons. The van der Waals surface area contributed by atoms with E-state index in [9.17, 15) is 0 Å². The van der Waals surface area contributed by atoms with Gasteiger partial charge in [-0.3, -0.25) is 0 Å². The lowest BCUT2D eigenvalue weighted by Gasteiger charge is -2.37. The molecule has 2 saturated heterocycles. The highest BCUT2D eigenvalue weighted by atomic mass is 15.0. The quantitative estimate of drug-likeness (QED) is 0.549. The fourth-order valence-corrected chi connectivity index (χ4v) is 1.96. The second kappa shape index (κ2) is 2.89. The monoisotopic (exact) mass is 140 g/mol. The van der Waals surface area contributed by atoms with Crippen LogP contribution in [0.3, 0.4) is 0 Å². The highest BCUT2D eigenvalue weighted by Gasteiger charge is 2.27. The van der Waals surface area contributed by atoms with Gasteiger partial charge in [-0.15, -0.1) is 0 Å². The molecule has 1 unspecified atom stereocenters. The number of hydrogen-bond acceptors (Lipinski definition) is 2. The first-order chi connectivity index (χ1) is 4.97. The molecular weight excluding hydrogens is 124 g/mol. The summed E-state index contributed by atoms with van der Waals surface area (Å²) in [4.78, 5) is 0. The molecule has 0 saturated carbocycles. The zero-order valence-electron chi connectivity index (χ0n) is 6.40. The Morgan fingerprint density at radius 1 is 0.900 bits per heavy atom. The molecule has 0 aromatic rings. The molecule has 2 N–H and O–H groups in total. The van der Waals surface area contributed by atoms with Gasteiger partial charge in [0.1, 0.15) is 0 Å². The van der Waals surface area contributed by atoms with Crippen molar-refractivity contribution in [1.82, 2.24) is 10.6 Å². The zero-order chi connectivity index (χ0) is 6.81. The predicted octanol–water partition coefficient (Wildman–Crippen LogP) is 0.348. The second-order valence-corrected chi connectivity index (χ2v) is 3.44. The van der Waals surface area contributed by atoms with Gasteiger partial charge in [-0.1, -0.05) is 0 Å². The van der Waals surface area contributed by atoms with Gasteiger partial charge in [0, 0.05) is 6.04 Å². The molecule has 1 atom stereocenters. The maximum atomic E-state index is 3.49. The van der Waals surface area contributed by atoms with Crippen molar-refractivity contribution < 1.29 is 0 Å². The van der Waals surface area contributed by atoms with Crippen LogP contribution in [-0.2, 0) is 0 Å². The summed E-state index contributed by atoms with van der Waals surface area (Å²) in [6.45, 7) is 3.74. The van der Waals surface area contributed by atoms with Crippen LogP contribution in [0, 0.1) is 5.92 Å². The molecule has 0 radical (unpaired) electrons. The SMILES string of the molecule is C1CC(C2CCN2)CCN1. The van der Waals surface area contributed by atoms with Gasteiger partial charge in [0.25, 0.3) is 0 Å². The van der Waals surface area contributed by atoms with Crippen LogP contribution >= 0.6 is 0 Å².